The summed E-state index contributed by atoms with van der Waals surface area (Å²) in [6.07, 6.45) is 3.87. The van der Waals surface area contributed by atoms with E-state index in [1.54, 1.807) is 18.9 Å². The van der Waals surface area contributed by atoms with Crippen molar-refractivity contribution in [3.05, 3.63) is 41.7 Å². The summed E-state index contributed by atoms with van der Waals surface area (Å²) >= 11 is 0. The van der Waals surface area contributed by atoms with Gasteiger partial charge in [-0.2, -0.15) is 5.10 Å². The van der Waals surface area contributed by atoms with Crippen LogP contribution in [0.25, 0.3) is 0 Å². The van der Waals surface area contributed by atoms with E-state index in [1.165, 1.54) is 0 Å². The zero-order chi connectivity index (χ0) is 19.1. The molecule has 1 atom stereocenters. The third-order valence-corrected chi connectivity index (χ3v) is 4.09. The van der Waals surface area contributed by atoms with Crippen LogP contribution in [0.1, 0.15) is 17.2 Å². The van der Waals surface area contributed by atoms with Crippen LogP contribution in [0.3, 0.4) is 0 Å². The molecule has 0 saturated heterocycles. The smallest absolute Gasteiger partial charge is 0.188 e. The number of likely N-dealkylation sites (N-methyl/N-ethyl adjacent to an activating group) is 1. The maximum Gasteiger partial charge on any atom is 0.188 e. The molecule has 0 fully saturated rings. The number of aliphatic imine (C=N–C) groups is 1. The highest BCUT2D eigenvalue weighted by molar-refractivity contribution is 14.0. The van der Waals surface area contributed by atoms with Gasteiger partial charge in [-0.05, 0) is 31.8 Å². The van der Waals surface area contributed by atoms with Crippen molar-refractivity contribution in [3.63, 3.8) is 0 Å². The van der Waals surface area contributed by atoms with Crippen molar-refractivity contribution in [1.29, 1.82) is 0 Å². The molecule has 2 aromatic rings. The van der Waals surface area contributed by atoms with Crippen LogP contribution in [0.4, 0.5) is 0 Å². The van der Waals surface area contributed by atoms with Gasteiger partial charge in [-0.25, -0.2) is 4.99 Å². The van der Waals surface area contributed by atoms with E-state index in [-0.39, 0.29) is 30.0 Å². The average molecular weight is 488 g/mol. The second-order valence-corrected chi connectivity index (χ2v) is 6.20. The van der Waals surface area contributed by atoms with Crippen molar-refractivity contribution in [3.8, 4) is 11.5 Å². The Balaban J connectivity index is 0.00000364. The maximum atomic E-state index is 6.02. The molecular formula is C18H29IN6O2. The minimum absolute atomic E-state index is 0. The summed E-state index contributed by atoms with van der Waals surface area (Å²) in [6.45, 7) is 1.10. The predicted octanol–water partition coefficient (Wildman–Crippen LogP) is 1.76. The summed E-state index contributed by atoms with van der Waals surface area (Å²) in [6, 6.07) is 5.85. The van der Waals surface area contributed by atoms with Crippen molar-refractivity contribution in [2.75, 3.05) is 34.9 Å². The highest BCUT2D eigenvalue weighted by Crippen LogP contribution is 2.27. The Labute approximate surface area is 177 Å². The van der Waals surface area contributed by atoms with E-state index in [1.807, 2.05) is 51.7 Å². The molecule has 9 heteroatoms. The molecule has 0 saturated carbocycles. The van der Waals surface area contributed by atoms with Gasteiger partial charge in [0.15, 0.2) is 17.5 Å². The summed E-state index contributed by atoms with van der Waals surface area (Å²) in [5.74, 6) is 1.77. The Hall–Kier alpha value is -2.01. The molecule has 3 N–H and O–H groups in total. The SMILES string of the molecule is COc1ccc(CN=C(N)NCC(c2cnn(C)c2)N(C)C)cc1OC.I. The Morgan fingerprint density at radius 1 is 1.30 bits per heavy atom. The number of aromatic nitrogens is 2. The fourth-order valence-corrected chi connectivity index (χ4v) is 2.62. The minimum atomic E-state index is 0. The van der Waals surface area contributed by atoms with Gasteiger partial charge in [0.05, 0.1) is 33.0 Å². The zero-order valence-electron chi connectivity index (χ0n) is 16.5. The van der Waals surface area contributed by atoms with Gasteiger partial charge in [0.1, 0.15) is 0 Å². The first-order chi connectivity index (χ1) is 12.4. The van der Waals surface area contributed by atoms with E-state index in [0.29, 0.717) is 30.5 Å². The third-order valence-electron chi connectivity index (χ3n) is 4.09. The second kappa shape index (κ2) is 11.0. The summed E-state index contributed by atoms with van der Waals surface area (Å²) in [4.78, 5) is 6.52. The molecule has 0 amide bonds. The van der Waals surface area contributed by atoms with Crippen LogP contribution in [0.15, 0.2) is 35.6 Å². The first kappa shape index (κ1) is 23.0. The van der Waals surface area contributed by atoms with Gasteiger partial charge in [0.2, 0.25) is 0 Å². The summed E-state index contributed by atoms with van der Waals surface area (Å²) < 4.78 is 12.3. The van der Waals surface area contributed by atoms with Crippen LogP contribution in [0.5, 0.6) is 11.5 Å². The number of halogens is 1. The van der Waals surface area contributed by atoms with Gasteiger partial charge in [0, 0.05) is 25.4 Å². The number of ether oxygens (including phenoxy) is 2. The number of methoxy groups -OCH3 is 2. The van der Waals surface area contributed by atoms with Gasteiger partial charge in [-0.15, -0.1) is 24.0 Å². The summed E-state index contributed by atoms with van der Waals surface area (Å²) in [7, 11) is 9.18. The molecule has 0 aliphatic heterocycles. The molecule has 1 unspecified atom stereocenters. The summed E-state index contributed by atoms with van der Waals surface area (Å²) in [5.41, 5.74) is 8.14. The van der Waals surface area contributed by atoms with E-state index < -0.39 is 0 Å². The lowest BCUT2D eigenvalue weighted by molar-refractivity contribution is 0.298. The number of nitrogens with zero attached hydrogens (tertiary/aromatic N) is 4. The predicted molar refractivity (Wildman–Crippen MR) is 118 cm³/mol. The number of guanidine groups is 1. The van der Waals surface area contributed by atoms with Crippen molar-refractivity contribution in [2.45, 2.75) is 12.6 Å². The number of nitrogens with one attached hydrogen (secondary N) is 1. The second-order valence-electron chi connectivity index (χ2n) is 6.20. The van der Waals surface area contributed by atoms with Gasteiger partial charge >= 0.3 is 0 Å². The lowest BCUT2D eigenvalue weighted by Gasteiger charge is -2.23. The topological polar surface area (TPSA) is 89.9 Å². The molecule has 1 heterocycles. The summed E-state index contributed by atoms with van der Waals surface area (Å²) in [5, 5.41) is 7.42. The molecular weight excluding hydrogens is 459 g/mol. The fraction of sp³-hybridized carbons (Fsp3) is 0.444. The zero-order valence-corrected chi connectivity index (χ0v) is 18.8. The minimum Gasteiger partial charge on any atom is -0.493 e. The number of rotatable bonds is 8. The number of nitrogens with two attached hydrogens (primary N) is 1. The fourth-order valence-electron chi connectivity index (χ4n) is 2.62. The van der Waals surface area contributed by atoms with Crippen molar-refractivity contribution in [2.24, 2.45) is 17.8 Å². The van der Waals surface area contributed by atoms with Crippen LogP contribution in [0.2, 0.25) is 0 Å². The normalized spacial score (nSPS) is 12.4. The van der Waals surface area contributed by atoms with Gasteiger partial charge in [-0.3, -0.25) is 4.68 Å². The first-order valence-corrected chi connectivity index (χ1v) is 8.34. The number of aryl methyl sites for hydroxylation is 1. The van der Waals surface area contributed by atoms with E-state index in [4.69, 9.17) is 15.2 Å². The molecule has 150 valence electrons. The van der Waals surface area contributed by atoms with Crippen LogP contribution >= 0.6 is 24.0 Å². The van der Waals surface area contributed by atoms with Crippen molar-refractivity contribution >= 4 is 29.9 Å². The molecule has 27 heavy (non-hydrogen) atoms. The Morgan fingerprint density at radius 3 is 2.56 bits per heavy atom. The quantitative estimate of drug-likeness (QED) is 0.335. The molecule has 1 aromatic carbocycles. The molecule has 0 radical (unpaired) electrons. The van der Waals surface area contributed by atoms with Crippen LogP contribution in [-0.4, -0.2) is 55.5 Å². The number of benzene rings is 1. The molecule has 0 bridgehead atoms. The van der Waals surface area contributed by atoms with E-state index in [9.17, 15) is 0 Å². The number of hydrogen-bond acceptors (Lipinski definition) is 5. The molecule has 0 aliphatic rings. The van der Waals surface area contributed by atoms with Crippen LogP contribution < -0.4 is 20.5 Å². The highest BCUT2D eigenvalue weighted by atomic mass is 127. The van der Waals surface area contributed by atoms with Crippen LogP contribution in [0, 0.1) is 0 Å². The molecule has 8 nitrogen and oxygen atoms in total. The Bertz CT molecular complexity index is 747. The lowest BCUT2D eigenvalue weighted by Crippen LogP contribution is -2.38. The number of hydrogen-bond donors (Lipinski definition) is 2. The monoisotopic (exact) mass is 488 g/mol. The van der Waals surface area contributed by atoms with Crippen LogP contribution in [-0.2, 0) is 13.6 Å². The first-order valence-electron chi connectivity index (χ1n) is 8.34. The molecule has 0 spiro atoms. The lowest BCUT2D eigenvalue weighted by atomic mass is 10.1. The van der Waals surface area contributed by atoms with Crippen molar-refractivity contribution < 1.29 is 9.47 Å². The van der Waals surface area contributed by atoms with E-state index >= 15 is 0 Å². The van der Waals surface area contributed by atoms with E-state index in [0.717, 1.165) is 11.1 Å². The molecule has 1 aromatic heterocycles. The van der Waals surface area contributed by atoms with E-state index in [2.05, 4.69) is 20.3 Å². The maximum absolute atomic E-state index is 6.02. The highest BCUT2D eigenvalue weighted by Gasteiger charge is 2.15. The average Bonchev–Trinajstić information content (AvgIpc) is 3.05. The van der Waals surface area contributed by atoms with Gasteiger partial charge < -0.3 is 25.4 Å². The standard InChI is InChI=1S/C18H28N6O2.HI/c1-23(2)15(14-10-22-24(3)12-14)11-21-18(19)20-9-13-6-7-16(25-4)17(8-13)26-5;/h6-8,10,12,15H,9,11H2,1-5H3,(H3,19,20,21);1H. The van der Waals surface area contributed by atoms with Gasteiger partial charge in [-0.1, -0.05) is 6.07 Å². The largest absolute Gasteiger partial charge is 0.493 e. The third kappa shape index (κ3) is 6.58. The molecule has 0 aliphatic carbocycles. The Kier molecular flexibility index (Phi) is 9.36. The Morgan fingerprint density at radius 2 is 2.00 bits per heavy atom. The molecule has 2 rings (SSSR count). The van der Waals surface area contributed by atoms with Gasteiger partial charge in [0.25, 0.3) is 0 Å². The van der Waals surface area contributed by atoms with Crippen molar-refractivity contribution in [1.82, 2.24) is 20.0 Å².